The number of benzene rings is 2. The number of unbranched alkanes of at least 4 members (excludes halogenated alkanes) is 2. The van der Waals surface area contributed by atoms with Gasteiger partial charge in [-0.3, -0.25) is 0 Å². The van der Waals surface area contributed by atoms with Crippen molar-refractivity contribution in [3.63, 3.8) is 0 Å². The molecule has 0 bridgehead atoms. The average molecular weight is 399 g/mol. The summed E-state index contributed by atoms with van der Waals surface area (Å²) in [5, 5.41) is 0. The number of rotatable bonds is 10. The summed E-state index contributed by atoms with van der Waals surface area (Å²) in [5.41, 5.74) is 15.1. The van der Waals surface area contributed by atoms with Crippen molar-refractivity contribution in [1.29, 1.82) is 0 Å². The molecule has 0 aliphatic carbocycles. The zero-order chi connectivity index (χ0) is 21.2. The number of ether oxygens (including phenoxy) is 2. The lowest BCUT2D eigenvalue weighted by Gasteiger charge is -2.11. The van der Waals surface area contributed by atoms with Gasteiger partial charge < -0.3 is 20.9 Å². The molecule has 0 saturated heterocycles. The first-order valence-electron chi connectivity index (χ1n) is 10.1. The van der Waals surface area contributed by atoms with Crippen LogP contribution in [0.15, 0.2) is 36.4 Å². The van der Waals surface area contributed by atoms with Crippen LogP contribution in [-0.2, 0) is 15.9 Å². The highest BCUT2D eigenvalue weighted by molar-refractivity contribution is 5.96. The van der Waals surface area contributed by atoms with Crippen LogP contribution in [0.4, 0.5) is 11.4 Å². The van der Waals surface area contributed by atoms with E-state index in [9.17, 15) is 9.59 Å². The van der Waals surface area contributed by atoms with Crippen LogP contribution in [0.2, 0.25) is 0 Å². The summed E-state index contributed by atoms with van der Waals surface area (Å²) in [7, 11) is 0. The van der Waals surface area contributed by atoms with Gasteiger partial charge in [-0.15, -0.1) is 0 Å². The molecule has 2 aromatic rings. The molecule has 6 heteroatoms. The number of hydrogen-bond donors (Lipinski definition) is 2. The summed E-state index contributed by atoms with van der Waals surface area (Å²) >= 11 is 0. The highest BCUT2D eigenvalue weighted by Gasteiger charge is 2.15. The maximum Gasteiger partial charge on any atom is 0.340 e. The van der Waals surface area contributed by atoms with E-state index in [4.69, 9.17) is 20.9 Å². The Labute approximate surface area is 172 Å². The van der Waals surface area contributed by atoms with E-state index < -0.39 is 11.9 Å². The molecule has 156 valence electrons. The van der Waals surface area contributed by atoms with Crippen molar-refractivity contribution in [3.8, 4) is 0 Å². The molecular weight excluding hydrogens is 368 g/mol. The van der Waals surface area contributed by atoms with Crippen molar-refractivity contribution in [2.75, 3.05) is 24.7 Å². The van der Waals surface area contributed by atoms with Gasteiger partial charge in [0.15, 0.2) is 0 Å². The summed E-state index contributed by atoms with van der Waals surface area (Å²) in [6.45, 7) is 4.81. The molecule has 4 N–H and O–H groups in total. The molecule has 29 heavy (non-hydrogen) atoms. The van der Waals surface area contributed by atoms with Gasteiger partial charge in [0.1, 0.15) is 0 Å². The molecule has 0 atom stereocenters. The monoisotopic (exact) mass is 398 g/mol. The van der Waals surface area contributed by atoms with Crippen molar-refractivity contribution in [2.24, 2.45) is 0 Å². The number of hydrogen-bond acceptors (Lipinski definition) is 6. The molecule has 0 fully saturated rings. The maximum atomic E-state index is 12.3. The van der Waals surface area contributed by atoms with Gasteiger partial charge in [-0.2, -0.15) is 0 Å². The lowest BCUT2D eigenvalue weighted by molar-refractivity contribution is 0.0491. The highest BCUT2D eigenvalue weighted by atomic mass is 16.5. The second-order valence-corrected chi connectivity index (χ2v) is 7.00. The van der Waals surface area contributed by atoms with E-state index in [1.807, 2.05) is 26.0 Å². The number of carbonyl (C=O) groups excluding carboxylic acids is 2. The number of carbonyl (C=O) groups is 2. The summed E-state index contributed by atoms with van der Waals surface area (Å²) in [4.78, 5) is 24.6. The minimum atomic E-state index is -0.421. The molecule has 0 unspecified atom stereocenters. The Bertz CT molecular complexity index is 779. The molecule has 2 aromatic carbocycles. The van der Waals surface area contributed by atoms with E-state index in [2.05, 4.69) is 0 Å². The molecule has 0 amide bonds. The average Bonchev–Trinajstić information content (AvgIpc) is 2.71. The van der Waals surface area contributed by atoms with E-state index >= 15 is 0 Å². The predicted octanol–water partition coefficient (Wildman–Crippen LogP) is 4.36. The molecule has 0 radical (unpaired) electrons. The number of anilines is 2. The third-order valence-corrected chi connectivity index (χ3v) is 4.55. The lowest BCUT2D eigenvalue weighted by atomic mass is 9.99. The summed E-state index contributed by atoms with van der Waals surface area (Å²) in [6.07, 6.45) is 4.04. The molecule has 6 nitrogen and oxygen atoms in total. The molecule has 0 heterocycles. The van der Waals surface area contributed by atoms with E-state index in [0.717, 1.165) is 36.8 Å². The molecule has 0 saturated carbocycles. The normalized spacial score (nSPS) is 10.6. The van der Waals surface area contributed by atoms with Crippen LogP contribution in [0.5, 0.6) is 0 Å². The molecule has 0 aromatic heterocycles. The summed E-state index contributed by atoms with van der Waals surface area (Å²) in [6, 6.07) is 10.6. The molecular formula is C23H30N2O4. The summed E-state index contributed by atoms with van der Waals surface area (Å²) in [5.74, 6) is -0.842. The Kier molecular flexibility index (Phi) is 8.52. The van der Waals surface area contributed by atoms with Crippen LogP contribution in [0.25, 0.3) is 0 Å². The molecule has 0 aliphatic heterocycles. The number of nitrogens with two attached hydrogens (primary N) is 2. The lowest BCUT2D eigenvalue weighted by Crippen LogP contribution is -2.11. The van der Waals surface area contributed by atoms with Crippen LogP contribution in [0.3, 0.4) is 0 Å². The van der Waals surface area contributed by atoms with Crippen molar-refractivity contribution >= 4 is 23.3 Å². The number of nitrogen functional groups attached to an aromatic ring is 2. The van der Waals surface area contributed by atoms with Gasteiger partial charge in [0, 0.05) is 11.4 Å². The minimum absolute atomic E-state index is 0.355. The Hall–Kier alpha value is -3.02. The Morgan fingerprint density at radius 1 is 0.759 bits per heavy atom. The fraction of sp³-hybridized carbons (Fsp3) is 0.391. The van der Waals surface area contributed by atoms with Crippen LogP contribution in [0.1, 0.15) is 71.4 Å². The van der Waals surface area contributed by atoms with Crippen LogP contribution in [0, 0.1) is 0 Å². The molecule has 2 rings (SSSR count). The quantitative estimate of drug-likeness (QED) is 0.350. The maximum absolute atomic E-state index is 12.3. The van der Waals surface area contributed by atoms with Gasteiger partial charge in [-0.25, -0.2) is 9.59 Å². The van der Waals surface area contributed by atoms with E-state index in [1.165, 1.54) is 0 Å². The third-order valence-electron chi connectivity index (χ3n) is 4.55. The SMILES string of the molecule is CCCCOC(=O)c1cc(Cc2ccc(N)c(C(=O)OCCCC)c2)ccc1N. The fourth-order valence-corrected chi connectivity index (χ4v) is 2.79. The topological polar surface area (TPSA) is 105 Å². The van der Waals surface area contributed by atoms with E-state index in [-0.39, 0.29) is 0 Å². The predicted molar refractivity (Wildman–Crippen MR) is 115 cm³/mol. The fourth-order valence-electron chi connectivity index (χ4n) is 2.79. The Morgan fingerprint density at radius 3 is 1.55 bits per heavy atom. The van der Waals surface area contributed by atoms with Gasteiger partial charge in [0.25, 0.3) is 0 Å². The van der Waals surface area contributed by atoms with Crippen molar-refractivity contribution in [1.82, 2.24) is 0 Å². The minimum Gasteiger partial charge on any atom is -0.462 e. The van der Waals surface area contributed by atoms with Gasteiger partial charge in [-0.1, -0.05) is 38.8 Å². The van der Waals surface area contributed by atoms with Gasteiger partial charge in [0.2, 0.25) is 0 Å². The van der Waals surface area contributed by atoms with Gasteiger partial charge in [0.05, 0.1) is 24.3 Å². The van der Waals surface area contributed by atoms with Crippen LogP contribution in [-0.4, -0.2) is 25.2 Å². The smallest absolute Gasteiger partial charge is 0.340 e. The standard InChI is InChI=1S/C23H30N2O4/c1-3-5-11-28-22(26)18-14-16(7-9-20(18)24)13-17-8-10-21(25)19(15-17)23(27)29-12-6-4-2/h7-10,14-15H,3-6,11-13,24-25H2,1-2H3. The van der Waals surface area contributed by atoms with E-state index in [0.29, 0.717) is 42.1 Å². The number of esters is 2. The van der Waals surface area contributed by atoms with E-state index in [1.54, 1.807) is 24.3 Å². The van der Waals surface area contributed by atoms with Crippen molar-refractivity contribution in [2.45, 2.75) is 46.0 Å². The zero-order valence-corrected chi connectivity index (χ0v) is 17.2. The zero-order valence-electron chi connectivity index (χ0n) is 17.2. The van der Waals surface area contributed by atoms with Crippen LogP contribution < -0.4 is 11.5 Å². The second-order valence-electron chi connectivity index (χ2n) is 7.00. The first-order chi connectivity index (χ1) is 14.0. The van der Waals surface area contributed by atoms with Gasteiger partial charge in [-0.05, 0) is 54.7 Å². The Balaban J connectivity index is 2.15. The van der Waals surface area contributed by atoms with Gasteiger partial charge >= 0.3 is 11.9 Å². The molecule has 0 aliphatic rings. The van der Waals surface area contributed by atoms with Crippen LogP contribution >= 0.6 is 0 Å². The Morgan fingerprint density at radius 2 is 1.17 bits per heavy atom. The van der Waals surface area contributed by atoms with Crippen molar-refractivity contribution in [3.05, 3.63) is 58.7 Å². The summed E-state index contributed by atoms with van der Waals surface area (Å²) < 4.78 is 10.5. The molecule has 0 spiro atoms. The first-order valence-corrected chi connectivity index (χ1v) is 10.1. The van der Waals surface area contributed by atoms with Crippen molar-refractivity contribution < 1.29 is 19.1 Å². The highest BCUT2D eigenvalue weighted by Crippen LogP contribution is 2.21. The first kappa shape index (κ1) is 22.3. The third kappa shape index (κ3) is 6.52. The second kappa shape index (κ2) is 11.1. The largest absolute Gasteiger partial charge is 0.462 e.